The molecule has 0 atom stereocenters. The number of aromatic nitrogens is 1. The fourth-order valence-electron chi connectivity index (χ4n) is 3.72. The highest BCUT2D eigenvalue weighted by molar-refractivity contribution is 6.36. The van der Waals surface area contributed by atoms with E-state index in [1.165, 1.54) is 6.20 Å². The highest BCUT2D eigenvalue weighted by atomic mass is 35.5. The highest BCUT2D eigenvalue weighted by Gasteiger charge is 2.22. The Bertz CT molecular complexity index is 1200. The van der Waals surface area contributed by atoms with Gasteiger partial charge in [0.05, 0.1) is 22.5 Å². The van der Waals surface area contributed by atoms with Crippen molar-refractivity contribution in [3.63, 3.8) is 0 Å². The molecule has 3 aromatic rings. The zero-order valence-corrected chi connectivity index (χ0v) is 19.4. The Morgan fingerprint density at radius 1 is 0.912 bits per heavy atom. The smallest absolute Gasteiger partial charge is 0.255 e. The van der Waals surface area contributed by atoms with Gasteiger partial charge >= 0.3 is 0 Å². The minimum atomic E-state index is -0.828. The maximum absolute atomic E-state index is 13.4. The summed E-state index contributed by atoms with van der Waals surface area (Å²) in [5.74, 6) is -1.76. The van der Waals surface area contributed by atoms with Crippen LogP contribution in [0.25, 0.3) is 0 Å². The number of nitrogens with zero attached hydrogens (tertiary/aromatic N) is 3. The lowest BCUT2D eigenvalue weighted by molar-refractivity contribution is 0.0767. The topological polar surface area (TPSA) is 65.5 Å². The summed E-state index contributed by atoms with van der Waals surface area (Å²) in [5.41, 5.74) is 0.679. The molecule has 1 aliphatic rings. The van der Waals surface area contributed by atoms with E-state index in [1.54, 1.807) is 35.2 Å². The van der Waals surface area contributed by atoms with E-state index in [0.717, 1.165) is 18.6 Å². The molecule has 176 valence electrons. The molecule has 0 aliphatic carbocycles. The molecule has 0 bridgehead atoms. The van der Waals surface area contributed by atoms with Gasteiger partial charge in [0.25, 0.3) is 11.8 Å². The summed E-state index contributed by atoms with van der Waals surface area (Å²) in [4.78, 5) is 33.4. The molecule has 1 aliphatic heterocycles. The second-order valence-corrected chi connectivity index (χ2v) is 8.62. The van der Waals surface area contributed by atoms with Gasteiger partial charge in [-0.25, -0.2) is 13.8 Å². The Morgan fingerprint density at radius 2 is 1.68 bits per heavy atom. The molecule has 10 heteroatoms. The van der Waals surface area contributed by atoms with Gasteiger partial charge in [0.15, 0.2) is 0 Å². The number of rotatable bonds is 4. The van der Waals surface area contributed by atoms with Crippen LogP contribution in [0, 0.1) is 11.6 Å². The molecule has 1 fully saturated rings. The third-order valence-electron chi connectivity index (χ3n) is 5.40. The van der Waals surface area contributed by atoms with Crippen LogP contribution in [-0.2, 0) is 0 Å². The normalized spacial score (nSPS) is 14.0. The van der Waals surface area contributed by atoms with E-state index in [2.05, 4.69) is 10.3 Å². The van der Waals surface area contributed by atoms with Crippen LogP contribution in [0.4, 0.5) is 20.3 Å². The highest BCUT2D eigenvalue weighted by Crippen LogP contribution is 2.24. The second kappa shape index (κ2) is 10.4. The van der Waals surface area contributed by atoms with Crippen LogP contribution < -0.4 is 10.2 Å². The summed E-state index contributed by atoms with van der Waals surface area (Å²) in [6.07, 6.45) is 2.21. The number of nitrogens with one attached hydrogen (secondary N) is 1. The molecule has 6 nitrogen and oxygen atoms in total. The third-order valence-corrected chi connectivity index (χ3v) is 5.95. The van der Waals surface area contributed by atoms with E-state index >= 15 is 0 Å². The molecule has 0 saturated carbocycles. The quantitative estimate of drug-likeness (QED) is 0.525. The van der Waals surface area contributed by atoms with Crippen molar-refractivity contribution in [3.05, 3.63) is 87.5 Å². The number of benzene rings is 2. The zero-order chi connectivity index (χ0) is 24.2. The molecule has 0 spiro atoms. The summed E-state index contributed by atoms with van der Waals surface area (Å²) in [6, 6.07) is 10.8. The Kier molecular flexibility index (Phi) is 7.29. The van der Waals surface area contributed by atoms with Crippen molar-refractivity contribution in [1.82, 2.24) is 9.88 Å². The minimum absolute atomic E-state index is 0.125. The largest absolute Gasteiger partial charge is 0.355 e. The lowest BCUT2D eigenvalue weighted by Crippen LogP contribution is -2.35. The predicted molar refractivity (Wildman–Crippen MR) is 128 cm³/mol. The summed E-state index contributed by atoms with van der Waals surface area (Å²) in [5, 5.41) is 3.36. The lowest BCUT2D eigenvalue weighted by atomic mass is 10.2. The number of carbonyl (C=O) groups is 2. The average Bonchev–Trinajstić information content (AvgIpc) is 3.05. The van der Waals surface area contributed by atoms with Crippen LogP contribution >= 0.6 is 23.2 Å². The van der Waals surface area contributed by atoms with E-state index in [4.69, 9.17) is 23.2 Å². The minimum Gasteiger partial charge on any atom is -0.355 e. The zero-order valence-electron chi connectivity index (χ0n) is 17.9. The van der Waals surface area contributed by atoms with Crippen molar-refractivity contribution in [2.24, 2.45) is 0 Å². The van der Waals surface area contributed by atoms with Gasteiger partial charge in [-0.05, 0) is 48.9 Å². The van der Waals surface area contributed by atoms with E-state index in [0.29, 0.717) is 59.4 Å². The Hall–Kier alpha value is -3.23. The maximum atomic E-state index is 13.4. The Balaban J connectivity index is 1.38. The number of anilines is 2. The third kappa shape index (κ3) is 5.63. The number of pyridine rings is 1. The van der Waals surface area contributed by atoms with E-state index in [9.17, 15) is 18.4 Å². The van der Waals surface area contributed by atoms with Crippen LogP contribution in [0.1, 0.15) is 27.1 Å². The molecule has 4 rings (SSSR count). The van der Waals surface area contributed by atoms with Crippen molar-refractivity contribution < 1.29 is 18.4 Å². The van der Waals surface area contributed by atoms with Crippen molar-refractivity contribution >= 4 is 46.5 Å². The molecule has 1 N–H and O–H groups in total. The summed E-state index contributed by atoms with van der Waals surface area (Å²) < 4.78 is 26.7. The molecule has 2 heterocycles. The summed E-state index contributed by atoms with van der Waals surface area (Å²) >= 11 is 12.1. The molecule has 34 heavy (non-hydrogen) atoms. The number of carbonyl (C=O) groups excluding carboxylic acids is 2. The van der Waals surface area contributed by atoms with Crippen LogP contribution in [-0.4, -0.2) is 47.9 Å². The standard InChI is InChI=1S/C24H20Cl2F2N4O2/c25-16-2-4-20(21(26)12-16)24(34)32-7-1-6-31(8-9-32)22-5-3-19(14-29-22)30-23(33)15-10-17(27)13-18(28)11-15/h2-5,10-14H,1,6-9H2,(H,30,33). The van der Waals surface area contributed by atoms with Gasteiger partial charge in [-0.1, -0.05) is 23.2 Å². The maximum Gasteiger partial charge on any atom is 0.255 e. The lowest BCUT2D eigenvalue weighted by Gasteiger charge is -2.23. The van der Waals surface area contributed by atoms with Crippen LogP contribution in [0.15, 0.2) is 54.7 Å². The molecular formula is C24H20Cl2F2N4O2. The molecular weight excluding hydrogens is 485 g/mol. The Morgan fingerprint density at radius 3 is 2.35 bits per heavy atom. The first-order chi connectivity index (χ1) is 16.3. The van der Waals surface area contributed by atoms with Gasteiger partial charge < -0.3 is 15.1 Å². The van der Waals surface area contributed by atoms with Crippen LogP contribution in [0.2, 0.25) is 10.0 Å². The molecule has 1 aromatic heterocycles. The summed E-state index contributed by atoms with van der Waals surface area (Å²) in [6.45, 7) is 2.33. The van der Waals surface area contributed by atoms with Crippen molar-refractivity contribution in [2.45, 2.75) is 6.42 Å². The van der Waals surface area contributed by atoms with Gasteiger partial charge in [0.2, 0.25) is 0 Å². The molecule has 0 radical (unpaired) electrons. The van der Waals surface area contributed by atoms with Crippen LogP contribution in [0.3, 0.4) is 0 Å². The van der Waals surface area contributed by atoms with E-state index in [1.807, 2.05) is 4.90 Å². The molecule has 1 saturated heterocycles. The van der Waals surface area contributed by atoms with Crippen molar-refractivity contribution in [3.8, 4) is 0 Å². The number of hydrogen-bond donors (Lipinski definition) is 1. The fourth-order valence-corrected chi connectivity index (χ4v) is 4.21. The van der Waals surface area contributed by atoms with Crippen molar-refractivity contribution in [1.29, 1.82) is 0 Å². The van der Waals surface area contributed by atoms with Gasteiger partial charge in [-0.2, -0.15) is 0 Å². The monoisotopic (exact) mass is 504 g/mol. The van der Waals surface area contributed by atoms with E-state index < -0.39 is 17.5 Å². The average molecular weight is 505 g/mol. The number of halogens is 4. The summed E-state index contributed by atoms with van der Waals surface area (Å²) in [7, 11) is 0. The van der Waals surface area contributed by atoms with Gasteiger partial charge in [0, 0.05) is 42.8 Å². The molecule has 2 aromatic carbocycles. The van der Waals surface area contributed by atoms with Crippen molar-refractivity contribution in [2.75, 3.05) is 36.4 Å². The predicted octanol–water partition coefficient (Wildman–Crippen LogP) is 5.27. The van der Waals surface area contributed by atoms with E-state index in [-0.39, 0.29) is 11.5 Å². The first kappa shape index (κ1) is 23.9. The van der Waals surface area contributed by atoms with Gasteiger partial charge in [-0.15, -0.1) is 0 Å². The van der Waals surface area contributed by atoms with Gasteiger partial charge in [-0.3, -0.25) is 9.59 Å². The Labute approximate surface area is 205 Å². The first-order valence-corrected chi connectivity index (χ1v) is 11.3. The molecule has 2 amide bonds. The first-order valence-electron chi connectivity index (χ1n) is 10.5. The van der Waals surface area contributed by atoms with Gasteiger partial charge in [0.1, 0.15) is 17.5 Å². The number of hydrogen-bond acceptors (Lipinski definition) is 4. The SMILES string of the molecule is O=C(Nc1ccc(N2CCCN(C(=O)c3ccc(Cl)cc3Cl)CC2)nc1)c1cc(F)cc(F)c1. The fraction of sp³-hybridized carbons (Fsp3) is 0.208. The second-order valence-electron chi connectivity index (χ2n) is 7.77. The van der Waals surface area contributed by atoms with Crippen LogP contribution in [0.5, 0.6) is 0 Å². The number of amides is 2. The molecule has 0 unspecified atom stereocenters.